The van der Waals surface area contributed by atoms with Crippen LogP contribution in [0.2, 0.25) is 0 Å². The maximum absolute atomic E-state index is 11.9. The van der Waals surface area contributed by atoms with Crippen molar-refractivity contribution < 1.29 is 29.3 Å². The van der Waals surface area contributed by atoms with Crippen LogP contribution in [0.4, 0.5) is 0 Å². The minimum absolute atomic E-state index is 0.142. The Kier molecular flexibility index (Phi) is 28.7. The minimum atomic E-state index is -0.993. The van der Waals surface area contributed by atoms with Gasteiger partial charge in [-0.2, -0.15) is 0 Å². The molecule has 0 aliphatic carbocycles. The third kappa shape index (κ3) is 30.8. The molecule has 3 atom stereocenters. The number of unbranched alkanes of at least 4 members (excludes halogenated alkanes) is 7. The van der Waals surface area contributed by atoms with E-state index in [1.54, 1.807) is 0 Å². The summed E-state index contributed by atoms with van der Waals surface area (Å²) in [6, 6.07) is 0. The molecule has 0 radical (unpaired) electrons. The zero-order valence-corrected chi connectivity index (χ0v) is 27.0. The molecule has 0 amide bonds. The van der Waals surface area contributed by atoms with Gasteiger partial charge in [-0.1, -0.05) is 107 Å². The molecule has 0 saturated carbocycles. The van der Waals surface area contributed by atoms with Gasteiger partial charge in [0.2, 0.25) is 0 Å². The highest BCUT2D eigenvalue weighted by molar-refractivity contribution is 5.69. The molecule has 0 aromatic rings. The van der Waals surface area contributed by atoms with E-state index < -0.39 is 6.10 Å². The van der Waals surface area contributed by atoms with Gasteiger partial charge in [-0.3, -0.25) is 9.59 Å². The molecule has 0 aliphatic heterocycles. The summed E-state index contributed by atoms with van der Waals surface area (Å²) in [5.41, 5.74) is 0. The van der Waals surface area contributed by atoms with Gasteiger partial charge in [-0.15, -0.1) is 0 Å². The highest BCUT2D eigenvalue weighted by atomic mass is 16.6. The Morgan fingerprint density at radius 2 is 1.05 bits per heavy atom. The van der Waals surface area contributed by atoms with Gasteiger partial charge in [-0.25, -0.2) is 0 Å². The minimum Gasteiger partial charge on any atom is -0.463 e. The number of hydrogen-bond acceptors (Lipinski definition) is 6. The molecule has 6 nitrogen and oxygen atoms in total. The van der Waals surface area contributed by atoms with Crippen molar-refractivity contribution in [3.05, 3.63) is 48.6 Å². The van der Waals surface area contributed by atoms with E-state index in [4.69, 9.17) is 9.47 Å². The maximum atomic E-state index is 11.9. The molecule has 0 heterocycles. The maximum Gasteiger partial charge on any atom is 0.305 e. The Bertz CT molecular complexity index is 752. The molecule has 2 N–H and O–H groups in total. The number of carbonyl (C=O) groups excluding carboxylic acids is 2. The van der Waals surface area contributed by atoms with E-state index in [1.807, 2.05) is 6.92 Å². The zero-order chi connectivity index (χ0) is 31.1. The van der Waals surface area contributed by atoms with Gasteiger partial charge < -0.3 is 19.7 Å². The van der Waals surface area contributed by atoms with E-state index in [2.05, 4.69) is 62.5 Å². The first-order valence-electron chi connectivity index (χ1n) is 16.6. The van der Waals surface area contributed by atoms with E-state index in [1.165, 1.54) is 32.1 Å². The largest absolute Gasteiger partial charge is 0.463 e. The molecule has 1 unspecified atom stereocenters. The van der Waals surface area contributed by atoms with Gasteiger partial charge in [0.1, 0.15) is 19.3 Å². The number of aliphatic hydroxyl groups is 2. The second kappa shape index (κ2) is 30.3. The predicted octanol–water partition coefficient (Wildman–Crippen LogP) is 8.72. The van der Waals surface area contributed by atoms with Crippen LogP contribution in [-0.2, 0) is 19.1 Å². The summed E-state index contributed by atoms with van der Waals surface area (Å²) >= 11 is 0. The van der Waals surface area contributed by atoms with E-state index >= 15 is 0 Å². The van der Waals surface area contributed by atoms with E-state index in [0.717, 1.165) is 70.1 Å². The lowest BCUT2D eigenvalue weighted by atomic mass is 10.00. The zero-order valence-electron chi connectivity index (χ0n) is 27.0. The molecule has 0 aromatic carbocycles. The highest BCUT2D eigenvalue weighted by Crippen LogP contribution is 2.14. The molecule has 42 heavy (non-hydrogen) atoms. The normalized spacial score (nSPS) is 14.3. The lowest BCUT2D eigenvalue weighted by Crippen LogP contribution is -2.25. The molecular formula is C36H62O6. The number of aliphatic hydroxyl groups excluding tert-OH is 2. The topological polar surface area (TPSA) is 93.1 Å². The quantitative estimate of drug-likeness (QED) is 0.0538. The van der Waals surface area contributed by atoms with Gasteiger partial charge in [-0.05, 0) is 70.6 Å². The average molecular weight is 591 g/mol. The molecule has 0 saturated heterocycles. The number of allylic oxidation sites excluding steroid dienone is 8. The van der Waals surface area contributed by atoms with Crippen molar-refractivity contribution in [2.75, 3.05) is 13.2 Å². The van der Waals surface area contributed by atoms with E-state index in [0.29, 0.717) is 19.3 Å². The fourth-order valence-corrected chi connectivity index (χ4v) is 4.19. The van der Waals surface area contributed by atoms with Crippen LogP contribution in [-0.4, -0.2) is 47.6 Å². The first-order valence-corrected chi connectivity index (χ1v) is 16.6. The number of ether oxygens (including phenoxy) is 2. The monoisotopic (exact) mass is 590 g/mol. The Morgan fingerprint density at radius 1 is 0.595 bits per heavy atom. The van der Waals surface area contributed by atoms with Crippen molar-refractivity contribution >= 4 is 11.9 Å². The first-order chi connectivity index (χ1) is 20.3. The molecule has 242 valence electrons. The van der Waals surface area contributed by atoms with Crippen molar-refractivity contribution in [1.82, 2.24) is 0 Å². The van der Waals surface area contributed by atoms with Gasteiger partial charge in [0.25, 0.3) is 0 Å². The lowest BCUT2D eigenvalue weighted by Gasteiger charge is -2.12. The fourth-order valence-electron chi connectivity index (χ4n) is 4.19. The first kappa shape index (κ1) is 39.8. The summed E-state index contributed by atoms with van der Waals surface area (Å²) in [6.45, 7) is 6.08. The van der Waals surface area contributed by atoms with Crippen LogP contribution in [0.15, 0.2) is 48.6 Å². The van der Waals surface area contributed by atoms with Crippen LogP contribution in [0.1, 0.15) is 136 Å². The lowest BCUT2D eigenvalue weighted by molar-refractivity contribution is -0.152. The van der Waals surface area contributed by atoms with Crippen LogP contribution in [0.25, 0.3) is 0 Å². The third-order valence-corrected chi connectivity index (χ3v) is 7.13. The van der Waals surface area contributed by atoms with Gasteiger partial charge in [0.05, 0.1) is 6.10 Å². The molecule has 0 aromatic heterocycles. The number of esters is 2. The van der Waals surface area contributed by atoms with Crippen molar-refractivity contribution in [1.29, 1.82) is 0 Å². The molecule has 0 spiro atoms. The standard InChI is InChI=1S/C36H62O6/c1-4-32(2)26-22-18-16-17-21-25-29-36(40)42-31-34(38)30-41-35(39)28-24-20-15-13-11-9-7-5-6-8-10-12-14-19-23-27-33(3)37/h6-9,12-15,32-34,37-38H,4-5,10-11,16-31H2,1-3H3/b8-6-,9-7-,14-12-,15-13-/t32?,33-,34+/m1/s1. The van der Waals surface area contributed by atoms with Crippen molar-refractivity contribution in [3.63, 3.8) is 0 Å². The molecule has 0 aliphatic rings. The van der Waals surface area contributed by atoms with Crippen molar-refractivity contribution in [2.24, 2.45) is 5.92 Å². The predicted molar refractivity (Wildman–Crippen MR) is 174 cm³/mol. The summed E-state index contributed by atoms with van der Waals surface area (Å²) in [7, 11) is 0. The van der Waals surface area contributed by atoms with Crippen LogP contribution in [0, 0.1) is 5.92 Å². The Hall–Kier alpha value is -2.18. The second-order valence-electron chi connectivity index (χ2n) is 11.5. The molecule has 0 rings (SSSR count). The number of carbonyl (C=O) groups is 2. The second-order valence-corrected chi connectivity index (χ2v) is 11.5. The number of hydrogen-bond donors (Lipinski definition) is 2. The Morgan fingerprint density at radius 3 is 1.57 bits per heavy atom. The van der Waals surface area contributed by atoms with Crippen LogP contribution >= 0.6 is 0 Å². The molecular weight excluding hydrogens is 528 g/mol. The molecule has 0 fully saturated rings. The van der Waals surface area contributed by atoms with Gasteiger partial charge in [0.15, 0.2) is 0 Å². The van der Waals surface area contributed by atoms with Gasteiger partial charge >= 0.3 is 11.9 Å². The average Bonchev–Trinajstić information content (AvgIpc) is 2.97. The van der Waals surface area contributed by atoms with Crippen LogP contribution in [0.5, 0.6) is 0 Å². The number of rotatable bonds is 28. The smallest absolute Gasteiger partial charge is 0.305 e. The van der Waals surface area contributed by atoms with E-state index in [-0.39, 0.29) is 31.3 Å². The molecule has 0 bridgehead atoms. The SMILES string of the molecule is CCC(C)CCCCCCCCC(=O)OC[C@@H](O)COC(=O)CCC/C=C\C/C=C\C/C=C\C/C=C\CCC[C@@H](C)O. The van der Waals surface area contributed by atoms with Crippen molar-refractivity contribution in [3.8, 4) is 0 Å². The van der Waals surface area contributed by atoms with E-state index in [9.17, 15) is 19.8 Å². The third-order valence-electron chi connectivity index (χ3n) is 7.13. The fraction of sp³-hybridized carbons (Fsp3) is 0.722. The Balaban J connectivity index is 3.61. The summed E-state index contributed by atoms with van der Waals surface area (Å²) in [5.74, 6) is 0.166. The summed E-state index contributed by atoms with van der Waals surface area (Å²) in [4.78, 5) is 23.7. The highest BCUT2D eigenvalue weighted by Gasteiger charge is 2.12. The summed E-state index contributed by atoms with van der Waals surface area (Å²) in [6.07, 6.45) is 33.0. The molecule has 6 heteroatoms. The van der Waals surface area contributed by atoms with Crippen LogP contribution in [0.3, 0.4) is 0 Å². The van der Waals surface area contributed by atoms with Crippen LogP contribution < -0.4 is 0 Å². The summed E-state index contributed by atoms with van der Waals surface area (Å²) in [5, 5.41) is 19.2. The summed E-state index contributed by atoms with van der Waals surface area (Å²) < 4.78 is 10.2. The van der Waals surface area contributed by atoms with Gasteiger partial charge in [0, 0.05) is 12.8 Å². The van der Waals surface area contributed by atoms with Crippen molar-refractivity contribution in [2.45, 2.75) is 149 Å². The Labute approximate surface area is 257 Å².